The summed E-state index contributed by atoms with van der Waals surface area (Å²) in [6, 6.07) is 2.16. The summed E-state index contributed by atoms with van der Waals surface area (Å²) in [4.78, 5) is 0. The highest BCUT2D eigenvalue weighted by Crippen LogP contribution is 2.45. The highest BCUT2D eigenvalue weighted by molar-refractivity contribution is 5.52. The molecule has 0 spiro atoms. The number of halogens is 3. The standard InChI is InChI=1S/C13H15F3O4/c1-7(6-17)11(18)8-4-9(13(14,15)16)12-10(5-8)19-2-3-20-12/h4-5,7,11,17-18H,2-3,6H2,1H3/t7-,11+/m1/s1. The van der Waals surface area contributed by atoms with Gasteiger partial charge in [0.15, 0.2) is 11.5 Å². The molecule has 0 saturated heterocycles. The van der Waals surface area contributed by atoms with Gasteiger partial charge in [-0.3, -0.25) is 0 Å². The van der Waals surface area contributed by atoms with E-state index in [1.165, 1.54) is 13.0 Å². The Labute approximate surface area is 113 Å². The third-order valence-electron chi connectivity index (χ3n) is 3.14. The Morgan fingerprint density at radius 3 is 2.50 bits per heavy atom. The van der Waals surface area contributed by atoms with E-state index in [4.69, 9.17) is 14.6 Å². The van der Waals surface area contributed by atoms with E-state index in [1.807, 2.05) is 0 Å². The fourth-order valence-corrected chi connectivity index (χ4v) is 1.98. The molecule has 1 aliphatic heterocycles. The summed E-state index contributed by atoms with van der Waals surface area (Å²) in [5.74, 6) is -0.972. The van der Waals surface area contributed by atoms with Crippen molar-refractivity contribution in [2.24, 2.45) is 5.92 Å². The normalized spacial score (nSPS) is 17.7. The number of aliphatic hydroxyl groups is 2. The lowest BCUT2D eigenvalue weighted by atomic mass is 9.95. The van der Waals surface area contributed by atoms with Crippen molar-refractivity contribution >= 4 is 0 Å². The average Bonchev–Trinajstić information content (AvgIpc) is 2.43. The molecule has 2 atom stereocenters. The molecule has 0 radical (unpaired) electrons. The number of benzene rings is 1. The second-order valence-electron chi connectivity index (χ2n) is 4.70. The maximum Gasteiger partial charge on any atom is 0.420 e. The summed E-state index contributed by atoms with van der Waals surface area (Å²) in [5, 5.41) is 19.0. The molecule has 20 heavy (non-hydrogen) atoms. The first-order valence-electron chi connectivity index (χ1n) is 6.14. The number of aliphatic hydroxyl groups excluding tert-OH is 2. The molecule has 2 rings (SSSR count). The molecule has 7 heteroatoms. The van der Waals surface area contributed by atoms with Gasteiger partial charge in [0.2, 0.25) is 0 Å². The van der Waals surface area contributed by atoms with E-state index in [-0.39, 0.29) is 36.9 Å². The van der Waals surface area contributed by atoms with Crippen LogP contribution in [0.25, 0.3) is 0 Å². The summed E-state index contributed by atoms with van der Waals surface area (Å²) < 4.78 is 49.3. The van der Waals surface area contributed by atoms with Crippen LogP contribution in [0.2, 0.25) is 0 Å². The molecule has 1 heterocycles. The van der Waals surface area contributed by atoms with Gasteiger partial charge in [-0.2, -0.15) is 13.2 Å². The van der Waals surface area contributed by atoms with Gasteiger partial charge in [-0.15, -0.1) is 0 Å². The Morgan fingerprint density at radius 1 is 1.25 bits per heavy atom. The van der Waals surface area contributed by atoms with Crippen molar-refractivity contribution in [3.63, 3.8) is 0 Å². The molecule has 0 fully saturated rings. The molecule has 0 saturated carbocycles. The van der Waals surface area contributed by atoms with Gasteiger partial charge in [0.05, 0.1) is 6.10 Å². The summed E-state index contributed by atoms with van der Waals surface area (Å²) in [5.41, 5.74) is -0.933. The average molecular weight is 292 g/mol. The van der Waals surface area contributed by atoms with E-state index >= 15 is 0 Å². The minimum atomic E-state index is -4.61. The lowest BCUT2D eigenvalue weighted by Crippen LogP contribution is -2.21. The Bertz CT molecular complexity index is 487. The Hall–Kier alpha value is -1.47. The fraction of sp³-hybridized carbons (Fsp3) is 0.538. The Morgan fingerprint density at radius 2 is 1.90 bits per heavy atom. The van der Waals surface area contributed by atoms with Crippen LogP contribution >= 0.6 is 0 Å². The van der Waals surface area contributed by atoms with Crippen molar-refractivity contribution < 1.29 is 32.9 Å². The number of fused-ring (bicyclic) bond motifs is 1. The Balaban J connectivity index is 2.50. The van der Waals surface area contributed by atoms with E-state index in [9.17, 15) is 18.3 Å². The van der Waals surface area contributed by atoms with Crippen molar-refractivity contribution in [3.05, 3.63) is 23.3 Å². The topological polar surface area (TPSA) is 58.9 Å². The number of ether oxygens (including phenoxy) is 2. The number of rotatable bonds is 3. The first-order valence-corrected chi connectivity index (χ1v) is 6.14. The van der Waals surface area contributed by atoms with Gasteiger partial charge < -0.3 is 19.7 Å². The molecule has 1 aromatic rings. The van der Waals surface area contributed by atoms with Crippen molar-refractivity contribution in [2.45, 2.75) is 19.2 Å². The number of hydrogen-bond donors (Lipinski definition) is 2. The van der Waals surface area contributed by atoms with Gasteiger partial charge in [0.1, 0.15) is 18.8 Å². The van der Waals surface area contributed by atoms with Gasteiger partial charge in [0.25, 0.3) is 0 Å². The molecule has 0 aliphatic carbocycles. The minimum absolute atomic E-state index is 0.0368. The van der Waals surface area contributed by atoms with Crippen LogP contribution in [-0.4, -0.2) is 30.0 Å². The van der Waals surface area contributed by atoms with E-state index in [0.29, 0.717) is 0 Å². The number of hydrogen-bond acceptors (Lipinski definition) is 4. The van der Waals surface area contributed by atoms with Crippen LogP contribution in [0.15, 0.2) is 12.1 Å². The molecular formula is C13H15F3O4. The SMILES string of the molecule is C[C@H](CO)[C@H](O)c1cc2c(c(C(F)(F)F)c1)OCCO2. The van der Waals surface area contributed by atoms with Crippen molar-refractivity contribution in [2.75, 3.05) is 19.8 Å². The largest absolute Gasteiger partial charge is 0.486 e. The highest BCUT2D eigenvalue weighted by Gasteiger charge is 2.38. The van der Waals surface area contributed by atoms with Gasteiger partial charge in [-0.05, 0) is 17.7 Å². The summed E-state index contributed by atoms with van der Waals surface area (Å²) >= 11 is 0. The third-order valence-corrected chi connectivity index (χ3v) is 3.14. The molecule has 1 aromatic carbocycles. The fourth-order valence-electron chi connectivity index (χ4n) is 1.98. The summed E-state index contributed by atoms with van der Waals surface area (Å²) in [6.45, 7) is 1.40. The molecule has 4 nitrogen and oxygen atoms in total. The molecule has 0 bridgehead atoms. The van der Waals surface area contributed by atoms with Gasteiger partial charge in [-0.25, -0.2) is 0 Å². The van der Waals surface area contributed by atoms with Crippen LogP contribution in [0.4, 0.5) is 13.2 Å². The first-order chi connectivity index (χ1) is 9.34. The first kappa shape index (κ1) is 14.9. The van der Waals surface area contributed by atoms with Crippen LogP contribution in [-0.2, 0) is 6.18 Å². The lowest BCUT2D eigenvalue weighted by Gasteiger charge is -2.25. The molecule has 0 unspecified atom stereocenters. The van der Waals surface area contributed by atoms with E-state index in [0.717, 1.165) is 6.07 Å². The maximum atomic E-state index is 13.0. The van der Waals surface area contributed by atoms with E-state index < -0.39 is 23.8 Å². The van der Waals surface area contributed by atoms with Crippen LogP contribution in [0, 0.1) is 5.92 Å². The zero-order valence-electron chi connectivity index (χ0n) is 10.8. The maximum absolute atomic E-state index is 13.0. The number of alkyl halides is 3. The van der Waals surface area contributed by atoms with Crippen LogP contribution < -0.4 is 9.47 Å². The third kappa shape index (κ3) is 2.83. The van der Waals surface area contributed by atoms with Gasteiger partial charge in [-0.1, -0.05) is 6.92 Å². The van der Waals surface area contributed by atoms with Gasteiger partial charge in [0, 0.05) is 12.5 Å². The Kier molecular flexibility index (Phi) is 4.10. The molecule has 0 aromatic heterocycles. The summed E-state index contributed by atoms with van der Waals surface area (Å²) in [7, 11) is 0. The molecule has 2 N–H and O–H groups in total. The van der Waals surface area contributed by atoms with Gasteiger partial charge >= 0.3 is 6.18 Å². The molecule has 1 aliphatic rings. The minimum Gasteiger partial charge on any atom is -0.486 e. The predicted molar refractivity (Wildman–Crippen MR) is 63.6 cm³/mol. The summed E-state index contributed by atoms with van der Waals surface area (Å²) in [6.07, 6.45) is -5.82. The highest BCUT2D eigenvalue weighted by atomic mass is 19.4. The van der Waals surface area contributed by atoms with Crippen LogP contribution in [0.5, 0.6) is 11.5 Å². The molecule has 112 valence electrons. The molecule has 0 amide bonds. The van der Waals surface area contributed by atoms with Crippen LogP contribution in [0.1, 0.15) is 24.2 Å². The van der Waals surface area contributed by atoms with E-state index in [2.05, 4.69) is 0 Å². The second-order valence-corrected chi connectivity index (χ2v) is 4.70. The second kappa shape index (κ2) is 5.49. The zero-order valence-corrected chi connectivity index (χ0v) is 10.8. The zero-order chi connectivity index (χ0) is 14.9. The quantitative estimate of drug-likeness (QED) is 0.896. The lowest BCUT2D eigenvalue weighted by molar-refractivity contribution is -0.139. The van der Waals surface area contributed by atoms with E-state index in [1.54, 1.807) is 0 Å². The van der Waals surface area contributed by atoms with Crippen molar-refractivity contribution in [3.8, 4) is 11.5 Å². The van der Waals surface area contributed by atoms with Crippen molar-refractivity contribution in [1.82, 2.24) is 0 Å². The van der Waals surface area contributed by atoms with Crippen LogP contribution in [0.3, 0.4) is 0 Å². The monoisotopic (exact) mass is 292 g/mol. The van der Waals surface area contributed by atoms with Crippen molar-refractivity contribution in [1.29, 1.82) is 0 Å². The molecular weight excluding hydrogens is 277 g/mol. The predicted octanol–water partition coefficient (Wildman–Crippen LogP) is 2.14. The smallest absolute Gasteiger partial charge is 0.420 e.